The van der Waals surface area contributed by atoms with Gasteiger partial charge in [-0.25, -0.2) is 0 Å². The van der Waals surface area contributed by atoms with Gasteiger partial charge in [-0.1, -0.05) is 26.3 Å². The molecule has 0 heterocycles. The van der Waals surface area contributed by atoms with Crippen LogP contribution in [0.5, 0.6) is 0 Å². The second-order valence-electron chi connectivity index (χ2n) is 5.63. The zero-order valence-electron chi connectivity index (χ0n) is 15.2. The first-order valence-electron chi connectivity index (χ1n) is 8.03. The Balaban J connectivity index is 0.00000529. The molecule has 0 saturated heterocycles. The van der Waals surface area contributed by atoms with Crippen LogP contribution in [0.15, 0.2) is 12.1 Å². The Morgan fingerprint density at radius 1 is 1.38 bits per heavy atom. The van der Waals surface area contributed by atoms with Gasteiger partial charge in [-0.15, -0.1) is 29.3 Å². The van der Waals surface area contributed by atoms with Crippen molar-refractivity contribution in [3.05, 3.63) is 34.9 Å². The molecule has 0 aliphatic rings. The largest absolute Gasteiger partial charge is 0.521 e. The third-order valence-corrected chi connectivity index (χ3v) is 4.13. The summed E-state index contributed by atoms with van der Waals surface area (Å²) in [7, 11) is 3.37. The summed E-state index contributed by atoms with van der Waals surface area (Å²) in [6, 6.07) is 6.43. The molecule has 0 aliphatic heterocycles. The van der Waals surface area contributed by atoms with Crippen molar-refractivity contribution in [3.63, 3.8) is 0 Å². The Morgan fingerprint density at radius 2 is 2.04 bits per heavy atom. The number of ether oxygens (including phenoxy) is 1. The van der Waals surface area contributed by atoms with E-state index < -0.39 is 5.97 Å². The third kappa shape index (κ3) is 6.90. The smallest absolute Gasteiger partial charge is 0.309 e. The van der Waals surface area contributed by atoms with Gasteiger partial charge < -0.3 is 19.3 Å². The van der Waals surface area contributed by atoms with Crippen LogP contribution in [0.3, 0.4) is 0 Å². The normalized spacial score (nSPS) is 13.0. The number of hydrogen-bond donors (Lipinski definition) is 2. The van der Waals surface area contributed by atoms with Crippen LogP contribution in [-0.4, -0.2) is 44.4 Å². The molecule has 0 aromatic heterocycles. The van der Waals surface area contributed by atoms with Crippen LogP contribution in [0.1, 0.15) is 41.8 Å². The molecular weight excluding hydrogens is 531 g/mol. The number of benzene rings is 1. The van der Waals surface area contributed by atoms with Crippen LogP contribution in [0.4, 0.5) is 0 Å². The first-order valence-corrected chi connectivity index (χ1v) is 8.03. The summed E-state index contributed by atoms with van der Waals surface area (Å²) in [5.41, 5.74) is 2.11. The zero-order chi connectivity index (χ0) is 17.4. The molecule has 0 saturated carbocycles. The summed E-state index contributed by atoms with van der Waals surface area (Å²) in [6.07, 6.45) is 2.27. The van der Waals surface area contributed by atoms with Crippen molar-refractivity contribution in [2.24, 2.45) is 0 Å². The fourth-order valence-corrected chi connectivity index (χ4v) is 2.67. The Morgan fingerprint density at radius 3 is 2.50 bits per heavy atom. The van der Waals surface area contributed by atoms with Crippen molar-refractivity contribution in [3.8, 4) is 0 Å². The Bertz CT molecular complexity index is 507. The van der Waals surface area contributed by atoms with Crippen LogP contribution < -0.4 is 5.32 Å². The maximum Gasteiger partial charge on any atom is 0.309 e. The molecule has 0 radical (unpaired) electrons. The van der Waals surface area contributed by atoms with Crippen molar-refractivity contribution in [2.75, 3.05) is 14.2 Å². The third-order valence-electron chi connectivity index (χ3n) is 4.13. The van der Waals surface area contributed by atoms with E-state index in [4.69, 9.17) is 14.5 Å². The van der Waals surface area contributed by atoms with E-state index in [2.05, 4.69) is 25.2 Å². The molecule has 0 bridgehead atoms. The number of nitrogens with one attached hydrogen (secondary N) is 1. The maximum atomic E-state index is 11.2. The minimum absolute atomic E-state index is 0. The van der Waals surface area contributed by atoms with E-state index in [-0.39, 0.29) is 55.8 Å². The monoisotopic (exact) mass is 558 g/mol. The van der Waals surface area contributed by atoms with E-state index in [9.17, 15) is 4.79 Å². The molecule has 2 N–H and O–H groups in total. The molecule has 1 aromatic rings. The number of hydrogen-bond acceptors (Lipinski definition) is 4. The summed E-state index contributed by atoms with van der Waals surface area (Å²) in [6.45, 7) is 6.10. The number of aromatic carboxylic acids is 1. The Hall–Kier alpha value is -0.313. The molecule has 24 heavy (non-hydrogen) atoms. The van der Waals surface area contributed by atoms with Gasteiger partial charge in [-0.05, 0) is 19.2 Å². The van der Waals surface area contributed by atoms with E-state index in [0.29, 0.717) is 6.42 Å². The molecule has 1 rings (SSSR count). The molecule has 2 atom stereocenters. The van der Waals surface area contributed by atoms with Gasteiger partial charge in [0.1, 0.15) is 6.23 Å². The minimum atomic E-state index is -0.960. The summed E-state index contributed by atoms with van der Waals surface area (Å²) < 4.78 is 11.0. The van der Waals surface area contributed by atoms with Gasteiger partial charge >= 0.3 is 6.92 Å². The van der Waals surface area contributed by atoms with Gasteiger partial charge in [0, 0.05) is 51.3 Å². The van der Waals surface area contributed by atoms with Gasteiger partial charge in [0.05, 0.1) is 0 Å². The molecule has 0 spiro atoms. The van der Waals surface area contributed by atoms with E-state index in [1.807, 2.05) is 13.0 Å². The van der Waals surface area contributed by atoms with Crippen molar-refractivity contribution >= 4 is 12.9 Å². The average molecular weight is 558 g/mol. The van der Waals surface area contributed by atoms with E-state index in [1.165, 1.54) is 0 Å². The minimum Gasteiger partial charge on any atom is -0.521 e. The van der Waals surface area contributed by atoms with Crippen LogP contribution in [0.2, 0.25) is 6.32 Å². The molecule has 132 valence electrons. The summed E-state index contributed by atoms with van der Waals surface area (Å²) >= 11 is 0. The standard InChI is InChI=1S/C17H27BNO4.U/c1-6-16(22-4)19-15(18(7-2)23-5)11-14-10-13(17(20)21)9-8-12(14)3;/h8-9,15-16,19H,6-7,11H2,1-5H3,(H,20,21);/q-1;/t15-,16?;/m0./s1. The Kier molecular flexibility index (Phi) is 11.9. The van der Waals surface area contributed by atoms with Crippen molar-refractivity contribution < 1.29 is 50.4 Å². The summed E-state index contributed by atoms with van der Waals surface area (Å²) in [5.74, 6) is -0.938. The zero-order valence-corrected chi connectivity index (χ0v) is 19.3. The van der Waals surface area contributed by atoms with Crippen LogP contribution >= 0.6 is 0 Å². The number of rotatable bonds is 10. The Labute approximate surface area is 169 Å². The van der Waals surface area contributed by atoms with E-state index in [1.54, 1.807) is 20.3 Å². The number of carboxylic acids is 1. The quantitative estimate of drug-likeness (QED) is 0.263. The summed E-state index contributed by atoms with van der Waals surface area (Å²) in [4.78, 5) is 11.2. The molecule has 1 unspecified atom stereocenters. The van der Waals surface area contributed by atoms with Gasteiger partial charge in [0.25, 0.3) is 0 Å². The average Bonchev–Trinajstić information content (AvgIpc) is 2.54. The molecule has 1 aromatic carbocycles. The topological polar surface area (TPSA) is 67.8 Å². The summed E-state index contributed by atoms with van der Waals surface area (Å²) in [5, 5.41) is 12.6. The van der Waals surface area contributed by atoms with Crippen molar-refractivity contribution in [2.45, 2.75) is 52.1 Å². The van der Waals surface area contributed by atoms with Crippen LogP contribution in [-0.2, 0) is 15.8 Å². The van der Waals surface area contributed by atoms with Crippen LogP contribution in [0, 0.1) is 44.1 Å². The molecule has 5 nitrogen and oxygen atoms in total. The maximum absolute atomic E-state index is 11.2. The second-order valence-corrected chi connectivity index (χ2v) is 5.63. The molecule has 0 amide bonds. The fraction of sp³-hybridized carbons (Fsp3) is 0.588. The van der Waals surface area contributed by atoms with E-state index in [0.717, 1.165) is 23.9 Å². The van der Waals surface area contributed by atoms with Gasteiger partial charge in [-0.2, -0.15) is 0 Å². The first-order chi connectivity index (χ1) is 11.0. The van der Waals surface area contributed by atoms with Gasteiger partial charge in [0.15, 0.2) is 0 Å². The molecule has 0 aliphatic carbocycles. The number of carboxylic acid groups (broad SMARTS) is 1. The second kappa shape index (κ2) is 12.1. The van der Waals surface area contributed by atoms with Gasteiger partial charge in [0.2, 0.25) is 5.97 Å². The SMILES string of the molecule is CCB(OC)[C@H](Cc1[c-]c(C(=O)O)ccc1C)NC(CC)OC.[U]. The number of aryl methyl sites for hydroxylation is 1. The van der Waals surface area contributed by atoms with Crippen LogP contribution in [0.25, 0.3) is 0 Å². The molecular formula is C17H27BNO4U-. The van der Waals surface area contributed by atoms with E-state index >= 15 is 0 Å². The van der Waals surface area contributed by atoms with Crippen molar-refractivity contribution in [1.82, 2.24) is 5.32 Å². The number of methoxy groups -OCH3 is 1. The fourth-order valence-electron chi connectivity index (χ4n) is 2.67. The predicted octanol–water partition coefficient (Wildman–Crippen LogP) is 2.57. The predicted molar refractivity (Wildman–Crippen MR) is 91.9 cm³/mol. The van der Waals surface area contributed by atoms with Crippen molar-refractivity contribution in [1.29, 1.82) is 0 Å². The number of carbonyl (C=O) groups is 1. The van der Waals surface area contributed by atoms with Gasteiger partial charge in [-0.3, -0.25) is 5.32 Å². The molecule has 0 fully saturated rings. The first kappa shape index (κ1) is 23.7. The molecule has 7 heteroatoms.